The zero-order valence-electron chi connectivity index (χ0n) is 14.6. The van der Waals surface area contributed by atoms with Gasteiger partial charge in [-0.2, -0.15) is 0 Å². The molecule has 1 saturated heterocycles. The summed E-state index contributed by atoms with van der Waals surface area (Å²) in [6, 6.07) is 5.79. The zero-order chi connectivity index (χ0) is 17.3. The zero-order valence-corrected chi connectivity index (χ0v) is 14.6. The average Bonchev–Trinajstić information content (AvgIpc) is 2.57. The summed E-state index contributed by atoms with van der Waals surface area (Å²) in [6.45, 7) is 9.23. The molecule has 1 aliphatic rings. The Morgan fingerprint density at radius 1 is 1.46 bits per heavy atom. The molecule has 1 fully saturated rings. The third-order valence-corrected chi connectivity index (χ3v) is 4.59. The SMILES string of the molecule is CCO[C@@H]1CN(C(=O)[C@@H](C)Nc2ncnc3cc(C)ccc23)[C@H]1C. The van der Waals surface area contributed by atoms with Crippen molar-refractivity contribution in [3.05, 3.63) is 30.1 Å². The molecule has 0 unspecified atom stereocenters. The number of ether oxygens (including phenoxy) is 1. The van der Waals surface area contributed by atoms with E-state index >= 15 is 0 Å². The quantitative estimate of drug-likeness (QED) is 0.913. The van der Waals surface area contributed by atoms with Crippen molar-refractivity contribution in [1.29, 1.82) is 0 Å². The van der Waals surface area contributed by atoms with E-state index in [-0.39, 0.29) is 24.1 Å². The van der Waals surface area contributed by atoms with Gasteiger partial charge in [0.05, 0.1) is 17.7 Å². The number of fused-ring (bicyclic) bond motifs is 1. The Balaban J connectivity index is 1.71. The number of anilines is 1. The predicted octanol–water partition coefficient (Wildman–Crippen LogP) is 2.37. The molecule has 6 nitrogen and oxygen atoms in total. The molecule has 1 N–H and O–H groups in total. The topological polar surface area (TPSA) is 67.3 Å². The molecule has 1 aliphatic heterocycles. The maximum atomic E-state index is 12.6. The van der Waals surface area contributed by atoms with Gasteiger partial charge in [0.15, 0.2) is 0 Å². The molecule has 1 aromatic carbocycles. The Hall–Kier alpha value is -2.21. The van der Waals surface area contributed by atoms with Gasteiger partial charge in [0.25, 0.3) is 0 Å². The van der Waals surface area contributed by atoms with Crippen LogP contribution in [0.2, 0.25) is 0 Å². The number of hydrogen-bond donors (Lipinski definition) is 1. The molecule has 128 valence electrons. The Morgan fingerprint density at radius 3 is 2.96 bits per heavy atom. The van der Waals surface area contributed by atoms with Crippen molar-refractivity contribution in [3.8, 4) is 0 Å². The van der Waals surface area contributed by atoms with Gasteiger partial charge in [-0.15, -0.1) is 0 Å². The molecule has 24 heavy (non-hydrogen) atoms. The van der Waals surface area contributed by atoms with Crippen LogP contribution in [0, 0.1) is 6.92 Å². The third-order valence-electron chi connectivity index (χ3n) is 4.59. The third kappa shape index (κ3) is 3.06. The molecule has 0 spiro atoms. The van der Waals surface area contributed by atoms with Crippen LogP contribution in [-0.4, -0.2) is 52.1 Å². The molecule has 0 saturated carbocycles. The highest BCUT2D eigenvalue weighted by Gasteiger charge is 2.40. The minimum Gasteiger partial charge on any atom is -0.375 e. The fourth-order valence-electron chi connectivity index (χ4n) is 3.07. The average molecular weight is 328 g/mol. The normalized spacial score (nSPS) is 21.4. The van der Waals surface area contributed by atoms with E-state index < -0.39 is 0 Å². The second-order valence-corrected chi connectivity index (χ2v) is 6.33. The molecule has 1 amide bonds. The minimum atomic E-state index is -0.352. The number of benzene rings is 1. The van der Waals surface area contributed by atoms with Gasteiger partial charge in [-0.3, -0.25) is 4.79 Å². The van der Waals surface area contributed by atoms with Crippen molar-refractivity contribution in [2.75, 3.05) is 18.5 Å². The predicted molar refractivity (Wildman–Crippen MR) is 93.9 cm³/mol. The highest BCUT2D eigenvalue weighted by atomic mass is 16.5. The van der Waals surface area contributed by atoms with Gasteiger partial charge in [-0.05, 0) is 45.4 Å². The molecular weight excluding hydrogens is 304 g/mol. The largest absolute Gasteiger partial charge is 0.375 e. The van der Waals surface area contributed by atoms with Crippen molar-refractivity contribution >= 4 is 22.6 Å². The second-order valence-electron chi connectivity index (χ2n) is 6.33. The van der Waals surface area contributed by atoms with Gasteiger partial charge < -0.3 is 15.0 Å². The number of aromatic nitrogens is 2. The van der Waals surface area contributed by atoms with E-state index in [2.05, 4.69) is 15.3 Å². The molecule has 2 aromatic rings. The summed E-state index contributed by atoms with van der Waals surface area (Å²) in [5, 5.41) is 4.16. The Bertz CT molecular complexity index is 749. The molecule has 0 aliphatic carbocycles. The lowest BCUT2D eigenvalue weighted by atomic mass is 9.99. The number of rotatable bonds is 5. The fraction of sp³-hybridized carbons (Fsp3) is 0.500. The summed E-state index contributed by atoms with van der Waals surface area (Å²) < 4.78 is 5.60. The van der Waals surface area contributed by atoms with Gasteiger partial charge in [-0.25, -0.2) is 9.97 Å². The van der Waals surface area contributed by atoms with Crippen LogP contribution in [0.4, 0.5) is 5.82 Å². The van der Waals surface area contributed by atoms with Crippen molar-refractivity contribution in [3.63, 3.8) is 0 Å². The van der Waals surface area contributed by atoms with Crippen LogP contribution in [0.5, 0.6) is 0 Å². The Morgan fingerprint density at radius 2 is 2.25 bits per heavy atom. The fourth-order valence-corrected chi connectivity index (χ4v) is 3.07. The number of likely N-dealkylation sites (tertiary alicyclic amines) is 1. The minimum absolute atomic E-state index is 0.0670. The Kier molecular flexibility index (Phi) is 4.66. The van der Waals surface area contributed by atoms with E-state index in [0.29, 0.717) is 19.0 Å². The molecule has 3 atom stereocenters. The lowest BCUT2D eigenvalue weighted by Crippen LogP contribution is -2.64. The molecule has 0 bridgehead atoms. The summed E-state index contributed by atoms with van der Waals surface area (Å²) >= 11 is 0. The molecular formula is C18H24N4O2. The van der Waals surface area contributed by atoms with Crippen LogP contribution in [-0.2, 0) is 9.53 Å². The van der Waals surface area contributed by atoms with Crippen LogP contribution in [0.1, 0.15) is 26.3 Å². The van der Waals surface area contributed by atoms with Crippen LogP contribution in [0.15, 0.2) is 24.5 Å². The lowest BCUT2D eigenvalue weighted by Gasteiger charge is -2.46. The summed E-state index contributed by atoms with van der Waals surface area (Å²) in [5.41, 5.74) is 2.02. The van der Waals surface area contributed by atoms with Crippen molar-refractivity contribution in [1.82, 2.24) is 14.9 Å². The smallest absolute Gasteiger partial charge is 0.245 e. The van der Waals surface area contributed by atoms with Gasteiger partial charge in [0.2, 0.25) is 5.91 Å². The van der Waals surface area contributed by atoms with Gasteiger partial charge >= 0.3 is 0 Å². The first-order chi connectivity index (χ1) is 11.5. The molecule has 3 rings (SSSR count). The van der Waals surface area contributed by atoms with E-state index in [9.17, 15) is 4.79 Å². The van der Waals surface area contributed by atoms with E-state index in [4.69, 9.17) is 4.74 Å². The van der Waals surface area contributed by atoms with Gasteiger partial charge in [0, 0.05) is 18.5 Å². The second kappa shape index (κ2) is 6.73. The van der Waals surface area contributed by atoms with Crippen LogP contribution >= 0.6 is 0 Å². The van der Waals surface area contributed by atoms with Crippen LogP contribution in [0.3, 0.4) is 0 Å². The number of amides is 1. The standard InChI is InChI=1S/C18H24N4O2/c1-5-24-16-9-22(13(16)4)18(23)12(3)21-17-14-7-6-11(2)8-15(14)19-10-20-17/h6-8,10,12-13,16H,5,9H2,1-4H3,(H,19,20,21)/t12-,13+,16-/m1/s1. The highest BCUT2D eigenvalue weighted by Crippen LogP contribution is 2.24. The number of carbonyl (C=O) groups excluding carboxylic acids is 1. The highest BCUT2D eigenvalue weighted by molar-refractivity contribution is 5.92. The molecule has 2 heterocycles. The van der Waals surface area contributed by atoms with Crippen molar-refractivity contribution in [2.45, 2.75) is 45.9 Å². The van der Waals surface area contributed by atoms with Crippen LogP contribution in [0.25, 0.3) is 10.9 Å². The monoisotopic (exact) mass is 328 g/mol. The van der Waals surface area contributed by atoms with E-state index in [1.165, 1.54) is 6.33 Å². The maximum Gasteiger partial charge on any atom is 0.245 e. The first-order valence-corrected chi connectivity index (χ1v) is 8.41. The lowest BCUT2D eigenvalue weighted by molar-refractivity contribution is -0.155. The molecule has 0 radical (unpaired) electrons. The Labute approximate surface area is 142 Å². The van der Waals surface area contributed by atoms with Crippen molar-refractivity contribution < 1.29 is 9.53 Å². The van der Waals surface area contributed by atoms with Crippen LogP contribution < -0.4 is 5.32 Å². The number of hydrogen-bond acceptors (Lipinski definition) is 5. The molecule has 1 aromatic heterocycles. The number of aryl methyl sites for hydroxylation is 1. The van der Waals surface area contributed by atoms with E-state index in [1.54, 1.807) is 0 Å². The van der Waals surface area contributed by atoms with Gasteiger partial charge in [-0.1, -0.05) is 6.07 Å². The summed E-state index contributed by atoms with van der Waals surface area (Å²) in [7, 11) is 0. The summed E-state index contributed by atoms with van der Waals surface area (Å²) in [4.78, 5) is 23.1. The number of carbonyl (C=O) groups is 1. The number of nitrogens with zero attached hydrogens (tertiary/aromatic N) is 3. The van der Waals surface area contributed by atoms with E-state index in [0.717, 1.165) is 16.5 Å². The van der Waals surface area contributed by atoms with E-state index in [1.807, 2.05) is 50.8 Å². The number of nitrogens with one attached hydrogen (secondary N) is 1. The van der Waals surface area contributed by atoms with Gasteiger partial charge in [0.1, 0.15) is 18.2 Å². The first kappa shape index (κ1) is 16.6. The summed E-state index contributed by atoms with van der Waals surface area (Å²) in [5.74, 6) is 0.757. The first-order valence-electron chi connectivity index (χ1n) is 8.41. The summed E-state index contributed by atoms with van der Waals surface area (Å²) in [6.07, 6.45) is 1.67. The molecule has 6 heteroatoms. The maximum absolute atomic E-state index is 12.6. The van der Waals surface area contributed by atoms with Crippen molar-refractivity contribution in [2.24, 2.45) is 0 Å².